The lowest BCUT2D eigenvalue weighted by Crippen LogP contribution is -2.17. The smallest absolute Gasteiger partial charge is 0.175 e. The normalized spacial score (nSPS) is 12.0. The van der Waals surface area contributed by atoms with Crippen LogP contribution in [0.4, 0.5) is 0 Å². The Hall–Kier alpha value is -2.57. The Morgan fingerprint density at radius 1 is 1.43 bits per heavy atom. The van der Waals surface area contributed by atoms with E-state index in [4.69, 9.17) is 15.7 Å². The van der Waals surface area contributed by atoms with Crippen LogP contribution in [-0.2, 0) is 0 Å². The first-order chi connectivity index (χ1) is 9.92. The number of oxime groups is 1. The van der Waals surface area contributed by atoms with Crippen LogP contribution in [0.25, 0.3) is 0 Å². The zero-order valence-corrected chi connectivity index (χ0v) is 12.5. The van der Waals surface area contributed by atoms with Crippen molar-refractivity contribution in [1.29, 1.82) is 0 Å². The van der Waals surface area contributed by atoms with Crippen molar-refractivity contribution in [3.05, 3.63) is 35.4 Å². The zero-order valence-electron chi connectivity index (χ0n) is 12.5. The summed E-state index contributed by atoms with van der Waals surface area (Å²) in [6.45, 7) is 7.69. The summed E-state index contributed by atoms with van der Waals surface area (Å²) in [4.78, 5) is 4.31. The molecule has 0 unspecified atom stereocenters. The Kier molecular flexibility index (Phi) is 4.11. The van der Waals surface area contributed by atoms with Crippen molar-refractivity contribution in [2.45, 2.75) is 33.7 Å². The molecule has 0 aliphatic carbocycles. The van der Waals surface area contributed by atoms with Crippen LogP contribution in [0, 0.1) is 13.8 Å². The van der Waals surface area contributed by atoms with Crippen molar-refractivity contribution in [2.75, 3.05) is 0 Å². The van der Waals surface area contributed by atoms with Gasteiger partial charge in [-0.15, -0.1) is 0 Å². The Labute approximate surface area is 123 Å². The van der Waals surface area contributed by atoms with Gasteiger partial charge in [-0.2, -0.15) is 5.10 Å². The lowest BCUT2D eigenvalue weighted by atomic mass is 10.1. The molecule has 0 saturated heterocycles. The highest BCUT2D eigenvalue weighted by atomic mass is 16.5. The third-order valence-corrected chi connectivity index (χ3v) is 2.99. The molecule has 7 heteroatoms. The maximum Gasteiger partial charge on any atom is 0.175 e. The summed E-state index contributed by atoms with van der Waals surface area (Å²) in [6.07, 6.45) is 3.42. The van der Waals surface area contributed by atoms with Crippen LogP contribution in [0.5, 0.6) is 11.5 Å². The number of pyridine rings is 1. The van der Waals surface area contributed by atoms with Crippen LogP contribution >= 0.6 is 0 Å². The number of amidine groups is 1. The number of rotatable bonds is 4. The minimum Gasteiger partial charge on any atom is -0.453 e. The summed E-state index contributed by atoms with van der Waals surface area (Å²) in [5, 5.41) is 16.2. The first-order valence-corrected chi connectivity index (χ1v) is 6.60. The van der Waals surface area contributed by atoms with Gasteiger partial charge >= 0.3 is 0 Å². The van der Waals surface area contributed by atoms with Crippen LogP contribution < -0.4 is 10.5 Å². The van der Waals surface area contributed by atoms with Gasteiger partial charge in [-0.1, -0.05) is 5.16 Å². The van der Waals surface area contributed by atoms with Crippen molar-refractivity contribution >= 4 is 5.84 Å². The number of aryl methyl sites for hydroxylation is 2. The topological polar surface area (TPSA) is 98.6 Å². The summed E-state index contributed by atoms with van der Waals surface area (Å²) in [7, 11) is 0. The fraction of sp³-hybridized carbons (Fsp3) is 0.357. The fourth-order valence-electron chi connectivity index (χ4n) is 2.02. The number of hydrogen-bond donors (Lipinski definition) is 2. The average Bonchev–Trinajstić information content (AvgIpc) is 2.86. The van der Waals surface area contributed by atoms with Gasteiger partial charge in [-0.25, -0.2) is 0 Å². The lowest BCUT2D eigenvalue weighted by molar-refractivity contribution is 0.318. The second-order valence-corrected chi connectivity index (χ2v) is 5.06. The third kappa shape index (κ3) is 3.13. The van der Waals surface area contributed by atoms with Gasteiger partial charge in [0.05, 0.1) is 23.7 Å². The van der Waals surface area contributed by atoms with E-state index in [1.807, 2.05) is 20.8 Å². The SMILES string of the molecule is Cc1cc(Oc2cnn(C(C)C)c2)c(/C(N)=N/O)c(C)n1. The van der Waals surface area contributed by atoms with Crippen LogP contribution in [0.3, 0.4) is 0 Å². The molecule has 0 spiro atoms. The Morgan fingerprint density at radius 2 is 2.14 bits per heavy atom. The number of nitrogens with zero attached hydrogens (tertiary/aromatic N) is 4. The Morgan fingerprint density at radius 3 is 2.71 bits per heavy atom. The molecule has 0 bridgehead atoms. The van der Waals surface area contributed by atoms with Crippen molar-refractivity contribution < 1.29 is 9.94 Å². The van der Waals surface area contributed by atoms with Crippen molar-refractivity contribution in [3.8, 4) is 11.5 Å². The second kappa shape index (κ2) is 5.82. The molecule has 0 fully saturated rings. The molecule has 2 aromatic rings. The molecule has 0 radical (unpaired) electrons. The Bertz CT molecular complexity index is 676. The lowest BCUT2D eigenvalue weighted by Gasteiger charge is -2.12. The van der Waals surface area contributed by atoms with Gasteiger partial charge in [0.15, 0.2) is 11.6 Å². The van der Waals surface area contributed by atoms with Gasteiger partial charge < -0.3 is 15.7 Å². The van der Waals surface area contributed by atoms with E-state index in [0.717, 1.165) is 5.69 Å². The molecule has 0 saturated carbocycles. The molecule has 0 aromatic carbocycles. The van der Waals surface area contributed by atoms with Crippen LogP contribution in [-0.4, -0.2) is 25.8 Å². The van der Waals surface area contributed by atoms with E-state index in [1.54, 1.807) is 30.1 Å². The minimum atomic E-state index is -0.0359. The molecule has 2 rings (SSSR count). The number of aromatic nitrogens is 3. The maximum atomic E-state index is 8.91. The molecule has 21 heavy (non-hydrogen) atoms. The molecule has 0 aliphatic heterocycles. The summed E-state index contributed by atoms with van der Waals surface area (Å²) >= 11 is 0. The van der Waals surface area contributed by atoms with E-state index >= 15 is 0 Å². The van der Waals surface area contributed by atoms with E-state index in [-0.39, 0.29) is 11.9 Å². The first kappa shape index (κ1) is 14.8. The quantitative estimate of drug-likeness (QED) is 0.389. The summed E-state index contributed by atoms with van der Waals surface area (Å²) < 4.78 is 7.62. The van der Waals surface area contributed by atoms with Crippen molar-refractivity contribution in [1.82, 2.24) is 14.8 Å². The largest absolute Gasteiger partial charge is 0.453 e. The Balaban J connectivity index is 2.42. The fourth-order valence-corrected chi connectivity index (χ4v) is 2.02. The van der Waals surface area contributed by atoms with E-state index in [2.05, 4.69) is 15.2 Å². The molecule has 0 amide bonds. The average molecular weight is 289 g/mol. The minimum absolute atomic E-state index is 0.0359. The summed E-state index contributed by atoms with van der Waals surface area (Å²) in [5.41, 5.74) is 7.61. The second-order valence-electron chi connectivity index (χ2n) is 5.06. The predicted octanol–water partition coefficient (Wildman–Crippen LogP) is 2.36. The summed E-state index contributed by atoms with van der Waals surface area (Å²) in [6, 6.07) is 1.99. The van der Waals surface area contributed by atoms with Gasteiger partial charge in [0.2, 0.25) is 0 Å². The summed E-state index contributed by atoms with van der Waals surface area (Å²) in [5.74, 6) is 1.03. The van der Waals surface area contributed by atoms with E-state index < -0.39 is 0 Å². The highest BCUT2D eigenvalue weighted by molar-refractivity contribution is 6.00. The molecule has 112 valence electrons. The maximum absolute atomic E-state index is 8.91. The highest BCUT2D eigenvalue weighted by Crippen LogP contribution is 2.28. The van der Waals surface area contributed by atoms with Gasteiger partial charge in [-0.05, 0) is 27.7 Å². The first-order valence-electron chi connectivity index (χ1n) is 6.60. The van der Waals surface area contributed by atoms with Gasteiger partial charge in [0.25, 0.3) is 0 Å². The zero-order chi connectivity index (χ0) is 15.6. The van der Waals surface area contributed by atoms with Gasteiger partial charge in [0.1, 0.15) is 5.75 Å². The third-order valence-electron chi connectivity index (χ3n) is 2.99. The van der Waals surface area contributed by atoms with Gasteiger partial charge in [0, 0.05) is 17.8 Å². The van der Waals surface area contributed by atoms with E-state index in [9.17, 15) is 0 Å². The molecular weight excluding hydrogens is 270 g/mol. The molecular formula is C14H19N5O2. The van der Waals surface area contributed by atoms with E-state index in [0.29, 0.717) is 22.8 Å². The molecule has 7 nitrogen and oxygen atoms in total. The predicted molar refractivity (Wildman–Crippen MR) is 78.9 cm³/mol. The molecule has 0 atom stereocenters. The van der Waals surface area contributed by atoms with Crippen molar-refractivity contribution in [3.63, 3.8) is 0 Å². The number of hydrogen-bond acceptors (Lipinski definition) is 5. The number of ether oxygens (including phenoxy) is 1. The van der Waals surface area contributed by atoms with Crippen LogP contribution in [0.2, 0.25) is 0 Å². The number of nitrogens with two attached hydrogens (primary N) is 1. The molecule has 0 aliphatic rings. The molecule has 3 N–H and O–H groups in total. The highest BCUT2D eigenvalue weighted by Gasteiger charge is 2.16. The van der Waals surface area contributed by atoms with Gasteiger partial charge in [-0.3, -0.25) is 9.67 Å². The molecule has 2 heterocycles. The molecule has 2 aromatic heterocycles. The van der Waals surface area contributed by atoms with Crippen LogP contribution in [0.1, 0.15) is 36.8 Å². The standard InChI is InChI=1S/C14H19N5O2/c1-8(2)19-7-11(6-16-19)21-12-5-9(3)17-10(4)13(12)14(15)18-20/h5-8,20H,1-4H3,(H2,15,18). The van der Waals surface area contributed by atoms with Crippen molar-refractivity contribution in [2.24, 2.45) is 10.9 Å². The van der Waals surface area contributed by atoms with E-state index in [1.165, 1.54) is 0 Å². The monoisotopic (exact) mass is 289 g/mol. The van der Waals surface area contributed by atoms with Crippen LogP contribution in [0.15, 0.2) is 23.6 Å².